The van der Waals surface area contributed by atoms with Crippen molar-refractivity contribution in [2.75, 3.05) is 26.1 Å². The normalized spacial score (nSPS) is 11.3. The third-order valence-electron chi connectivity index (χ3n) is 2.95. The molecule has 24 heavy (non-hydrogen) atoms. The summed E-state index contributed by atoms with van der Waals surface area (Å²) in [6.07, 6.45) is 0. The van der Waals surface area contributed by atoms with Crippen molar-refractivity contribution in [2.24, 2.45) is 0 Å². The number of ether oxygens (including phenoxy) is 1. The molecule has 2 aromatic rings. The molecule has 0 saturated carbocycles. The van der Waals surface area contributed by atoms with E-state index in [-0.39, 0.29) is 24.1 Å². The van der Waals surface area contributed by atoms with E-state index in [1.54, 1.807) is 43.3 Å². The lowest BCUT2D eigenvalue weighted by Gasteiger charge is -2.12. The van der Waals surface area contributed by atoms with E-state index < -0.39 is 10.0 Å². The van der Waals surface area contributed by atoms with Crippen LogP contribution in [0.2, 0.25) is 5.02 Å². The van der Waals surface area contributed by atoms with Crippen molar-refractivity contribution in [3.63, 3.8) is 0 Å². The lowest BCUT2D eigenvalue weighted by atomic mass is 10.2. The molecule has 0 amide bonds. The Hall–Kier alpha value is -1.97. The van der Waals surface area contributed by atoms with Crippen molar-refractivity contribution in [3.05, 3.63) is 40.7 Å². The maximum absolute atomic E-state index is 12.2. The van der Waals surface area contributed by atoms with Crippen molar-refractivity contribution < 1.29 is 13.2 Å². The Morgan fingerprint density at radius 3 is 2.42 bits per heavy atom. The van der Waals surface area contributed by atoms with Crippen LogP contribution in [0.4, 0.5) is 5.95 Å². The molecule has 0 unspecified atom stereocenters. The topological polar surface area (TPSA) is 97.3 Å². The zero-order valence-corrected chi connectivity index (χ0v) is 15.1. The minimum absolute atomic E-state index is 0.0599. The van der Waals surface area contributed by atoms with Gasteiger partial charge in [0.15, 0.2) is 5.82 Å². The van der Waals surface area contributed by atoms with E-state index in [4.69, 9.17) is 16.3 Å². The predicted octanol–water partition coefficient (Wildman–Crippen LogP) is 1.22. The number of hydrogen-bond acceptors (Lipinski definition) is 7. The van der Waals surface area contributed by atoms with Crippen LogP contribution >= 0.6 is 11.6 Å². The summed E-state index contributed by atoms with van der Waals surface area (Å²) in [5.41, 5.74) is 0.633. The average molecular weight is 372 g/mol. The molecular formula is C14H18ClN5O3S. The van der Waals surface area contributed by atoms with Gasteiger partial charge in [0.1, 0.15) is 0 Å². The number of nitrogens with zero attached hydrogens (tertiary/aromatic N) is 4. The number of nitrogens with one attached hydrogen (secondary N) is 1. The van der Waals surface area contributed by atoms with E-state index in [1.807, 2.05) is 0 Å². The standard InChI is InChI=1S/C14H18ClN5O3S/c1-20(2)13-17-12(18-14(19-13)23-3)8-16-24(21,22)9-10-4-6-11(15)7-5-10/h4-7,16H,8-9H2,1-3H3. The molecule has 0 aliphatic carbocycles. The first kappa shape index (κ1) is 18.4. The smallest absolute Gasteiger partial charge is 0.321 e. The highest BCUT2D eigenvalue weighted by Gasteiger charge is 2.14. The number of halogens is 1. The number of hydrogen-bond donors (Lipinski definition) is 1. The van der Waals surface area contributed by atoms with Gasteiger partial charge in [0, 0.05) is 19.1 Å². The van der Waals surface area contributed by atoms with Crippen LogP contribution in [0.25, 0.3) is 0 Å². The number of anilines is 1. The molecule has 130 valence electrons. The van der Waals surface area contributed by atoms with Gasteiger partial charge in [-0.05, 0) is 17.7 Å². The van der Waals surface area contributed by atoms with Crippen LogP contribution in [0.3, 0.4) is 0 Å². The molecule has 1 N–H and O–H groups in total. The molecule has 0 saturated heterocycles. The molecule has 0 aliphatic rings. The van der Waals surface area contributed by atoms with Gasteiger partial charge in [-0.25, -0.2) is 13.1 Å². The SMILES string of the molecule is COc1nc(CNS(=O)(=O)Cc2ccc(Cl)cc2)nc(N(C)C)n1. The molecule has 2 rings (SSSR count). The molecule has 0 atom stereocenters. The molecule has 8 nitrogen and oxygen atoms in total. The number of sulfonamides is 1. The molecule has 0 bridgehead atoms. The van der Waals surface area contributed by atoms with E-state index in [0.717, 1.165) is 0 Å². The van der Waals surface area contributed by atoms with E-state index in [9.17, 15) is 8.42 Å². The highest BCUT2D eigenvalue weighted by atomic mass is 35.5. The molecular weight excluding hydrogens is 354 g/mol. The minimum Gasteiger partial charge on any atom is -0.467 e. The summed E-state index contributed by atoms with van der Waals surface area (Å²) >= 11 is 5.79. The summed E-state index contributed by atoms with van der Waals surface area (Å²) in [5, 5.41) is 0.553. The van der Waals surface area contributed by atoms with Gasteiger partial charge in [-0.15, -0.1) is 0 Å². The monoisotopic (exact) mass is 371 g/mol. The highest BCUT2D eigenvalue weighted by molar-refractivity contribution is 7.88. The van der Waals surface area contributed by atoms with E-state index in [2.05, 4.69) is 19.7 Å². The molecule has 0 fully saturated rings. The number of rotatable bonds is 7. The maximum Gasteiger partial charge on any atom is 0.321 e. The Bertz CT molecular complexity index is 797. The zero-order chi connectivity index (χ0) is 17.7. The van der Waals surface area contributed by atoms with Gasteiger partial charge in [0.25, 0.3) is 0 Å². The first-order chi connectivity index (χ1) is 11.3. The summed E-state index contributed by atoms with van der Waals surface area (Å²) < 4.78 is 31.8. The lowest BCUT2D eigenvalue weighted by Crippen LogP contribution is -2.26. The van der Waals surface area contributed by atoms with E-state index >= 15 is 0 Å². The van der Waals surface area contributed by atoms with Crippen molar-refractivity contribution in [3.8, 4) is 6.01 Å². The molecule has 1 aromatic heterocycles. The first-order valence-electron chi connectivity index (χ1n) is 6.97. The number of methoxy groups -OCH3 is 1. The van der Waals surface area contributed by atoms with E-state index in [1.165, 1.54) is 7.11 Å². The van der Waals surface area contributed by atoms with E-state index in [0.29, 0.717) is 16.5 Å². The Morgan fingerprint density at radius 2 is 1.83 bits per heavy atom. The van der Waals surface area contributed by atoms with Gasteiger partial charge >= 0.3 is 6.01 Å². The van der Waals surface area contributed by atoms with Crippen LogP contribution in [0.1, 0.15) is 11.4 Å². The second kappa shape index (κ2) is 7.73. The third-order valence-corrected chi connectivity index (χ3v) is 4.50. The lowest BCUT2D eigenvalue weighted by molar-refractivity contribution is 0.375. The third kappa shape index (κ3) is 5.29. The van der Waals surface area contributed by atoms with Crippen LogP contribution in [0.5, 0.6) is 6.01 Å². The van der Waals surface area contributed by atoms with Gasteiger partial charge in [0.05, 0.1) is 19.4 Å². The van der Waals surface area contributed by atoms with Crippen molar-refractivity contribution >= 4 is 27.6 Å². The zero-order valence-electron chi connectivity index (χ0n) is 13.5. The van der Waals surface area contributed by atoms with Gasteiger partial charge < -0.3 is 9.64 Å². The fourth-order valence-electron chi connectivity index (χ4n) is 1.78. The van der Waals surface area contributed by atoms with Crippen molar-refractivity contribution in [1.29, 1.82) is 0 Å². The highest BCUT2D eigenvalue weighted by Crippen LogP contribution is 2.13. The summed E-state index contributed by atoms with van der Waals surface area (Å²) in [4.78, 5) is 14.0. The fraction of sp³-hybridized carbons (Fsp3) is 0.357. The summed E-state index contributed by atoms with van der Waals surface area (Å²) in [6, 6.07) is 6.75. The summed E-state index contributed by atoms with van der Waals surface area (Å²) in [7, 11) is 1.42. The van der Waals surface area contributed by atoms with Crippen LogP contribution in [0.15, 0.2) is 24.3 Å². The number of aromatic nitrogens is 3. The molecule has 0 aliphatic heterocycles. The van der Waals surface area contributed by atoms with Crippen molar-refractivity contribution in [1.82, 2.24) is 19.7 Å². The Morgan fingerprint density at radius 1 is 1.17 bits per heavy atom. The summed E-state index contributed by atoms with van der Waals surface area (Å²) in [6.45, 7) is -0.0599. The molecule has 0 radical (unpaired) electrons. The fourth-order valence-corrected chi connectivity index (χ4v) is 2.99. The number of benzene rings is 1. The first-order valence-corrected chi connectivity index (χ1v) is 9.00. The summed E-state index contributed by atoms with van der Waals surface area (Å²) in [5.74, 6) is 0.492. The second-order valence-corrected chi connectivity index (χ2v) is 7.38. The van der Waals surface area contributed by atoms with Gasteiger partial charge in [0.2, 0.25) is 16.0 Å². The minimum atomic E-state index is -3.55. The molecule has 1 heterocycles. The maximum atomic E-state index is 12.2. The quantitative estimate of drug-likeness (QED) is 0.781. The van der Waals surface area contributed by atoms with Crippen LogP contribution in [-0.4, -0.2) is 44.6 Å². The molecule has 10 heteroatoms. The van der Waals surface area contributed by atoms with Crippen LogP contribution in [0, 0.1) is 0 Å². The molecule has 0 spiro atoms. The predicted molar refractivity (Wildman–Crippen MR) is 91.6 cm³/mol. The average Bonchev–Trinajstić information content (AvgIpc) is 2.54. The Balaban J connectivity index is 2.08. The molecule has 1 aromatic carbocycles. The Labute approximate surface area is 145 Å². The van der Waals surface area contributed by atoms with Gasteiger partial charge in [-0.2, -0.15) is 15.0 Å². The largest absolute Gasteiger partial charge is 0.467 e. The van der Waals surface area contributed by atoms with Gasteiger partial charge in [-0.1, -0.05) is 23.7 Å². The Kier molecular flexibility index (Phi) is 5.92. The van der Waals surface area contributed by atoms with Crippen LogP contribution in [-0.2, 0) is 22.3 Å². The van der Waals surface area contributed by atoms with Crippen LogP contribution < -0.4 is 14.4 Å². The second-order valence-electron chi connectivity index (χ2n) is 5.14. The van der Waals surface area contributed by atoms with Crippen molar-refractivity contribution in [2.45, 2.75) is 12.3 Å². The van der Waals surface area contributed by atoms with Gasteiger partial charge in [-0.3, -0.25) is 0 Å².